The van der Waals surface area contributed by atoms with Gasteiger partial charge in [-0.2, -0.15) is 0 Å². The van der Waals surface area contributed by atoms with Crippen LogP contribution in [0.5, 0.6) is 0 Å². The summed E-state index contributed by atoms with van der Waals surface area (Å²) in [4.78, 5) is 0. The topological polar surface area (TPSA) is 4.41 Å². The van der Waals surface area contributed by atoms with Crippen molar-refractivity contribution in [1.82, 2.24) is 4.40 Å². The van der Waals surface area contributed by atoms with Gasteiger partial charge in [-0.1, -0.05) is 109 Å². The van der Waals surface area contributed by atoms with Crippen molar-refractivity contribution >= 4 is 59.6 Å². The number of nitrogens with zero attached hydrogens (tertiary/aromatic N) is 1. The van der Waals surface area contributed by atoms with Crippen molar-refractivity contribution in [2.75, 3.05) is 0 Å². The molecule has 0 aliphatic carbocycles. The smallest absolute Gasteiger partial charge is 0.0622 e. The molecule has 1 heteroatoms. The fourth-order valence-corrected chi connectivity index (χ4v) is 6.38. The molecule has 0 bridgehead atoms. The molecular weight excluding hydrogens is 434 g/mol. The van der Waals surface area contributed by atoms with Crippen LogP contribution in [0.4, 0.5) is 0 Å². The molecule has 0 unspecified atom stereocenters. The van der Waals surface area contributed by atoms with Crippen LogP contribution in [0, 0.1) is 6.92 Å². The van der Waals surface area contributed by atoms with Crippen molar-refractivity contribution in [3.05, 3.63) is 127 Å². The number of aryl methyl sites for hydroxylation is 1. The van der Waals surface area contributed by atoms with Crippen molar-refractivity contribution in [3.63, 3.8) is 0 Å². The Morgan fingerprint density at radius 2 is 1.00 bits per heavy atom. The Labute approximate surface area is 208 Å². The molecule has 8 aromatic rings. The summed E-state index contributed by atoms with van der Waals surface area (Å²) in [6.45, 7) is 2.30. The number of aromatic nitrogens is 1. The SMILES string of the molecule is Cc1c2c3ccccc3c3ccccc3c2n2c3ccccc3c3cc(-c4ccccc4)ccc3c12. The molecule has 2 heterocycles. The Morgan fingerprint density at radius 1 is 0.417 bits per heavy atom. The number of hydrogen-bond donors (Lipinski definition) is 0. The molecule has 2 aromatic heterocycles. The Bertz CT molecular complexity index is 2150. The Kier molecular flexibility index (Phi) is 3.93. The molecule has 1 nitrogen and oxygen atoms in total. The first kappa shape index (κ1) is 19.7. The lowest BCUT2D eigenvalue weighted by molar-refractivity contribution is 1.35. The largest absolute Gasteiger partial charge is 0.308 e. The average Bonchev–Trinajstić information content (AvgIpc) is 3.27. The van der Waals surface area contributed by atoms with Gasteiger partial charge in [0, 0.05) is 21.5 Å². The standard InChI is InChI=1S/C35H23N/c1-22-33-28-16-7-5-13-25(28)26-14-6-8-17-29(26)35(33)36-32-18-10-9-15-27(32)31-21-24(19-20-30(31)34(22)36)23-11-3-2-4-12-23/h2-21H,1H3. The Hall–Kier alpha value is -4.62. The van der Waals surface area contributed by atoms with Gasteiger partial charge in [0.1, 0.15) is 0 Å². The highest BCUT2D eigenvalue weighted by molar-refractivity contribution is 6.30. The number of pyridine rings is 1. The number of benzene rings is 6. The molecule has 8 rings (SSSR count). The molecule has 0 radical (unpaired) electrons. The van der Waals surface area contributed by atoms with Gasteiger partial charge in [-0.05, 0) is 57.3 Å². The van der Waals surface area contributed by atoms with E-state index in [1.807, 2.05) is 0 Å². The minimum Gasteiger partial charge on any atom is -0.308 e. The summed E-state index contributed by atoms with van der Waals surface area (Å²) in [5, 5.41) is 10.5. The summed E-state index contributed by atoms with van der Waals surface area (Å²) >= 11 is 0. The molecule has 0 aliphatic rings. The van der Waals surface area contributed by atoms with Crippen LogP contribution in [0.25, 0.3) is 70.8 Å². The average molecular weight is 458 g/mol. The van der Waals surface area contributed by atoms with Crippen LogP contribution in [0.1, 0.15) is 5.56 Å². The van der Waals surface area contributed by atoms with Crippen LogP contribution in [0.3, 0.4) is 0 Å². The maximum absolute atomic E-state index is 2.53. The van der Waals surface area contributed by atoms with Gasteiger partial charge in [0.15, 0.2) is 0 Å². The van der Waals surface area contributed by atoms with Gasteiger partial charge in [0.2, 0.25) is 0 Å². The number of fused-ring (bicyclic) bond motifs is 13. The summed E-state index contributed by atoms with van der Waals surface area (Å²) in [5.74, 6) is 0. The summed E-state index contributed by atoms with van der Waals surface area (Å²) in [6.07, 6.45) is 0. The second kappa shape index (κ2) is 7.19. The van der Waals surface area contributed by atoms with Gasteiger partial charge in [-0.15, -0.1) is 0 Å². The molecule has 0 aliphatic heterocycles. The van der Waals surface area contributed by atoms with Crippen LogP contribution in [-0.4, -0.2) is 4.40 Å². The first-order valence-corrected chi connectivity index (χ1v) is 12.6. The van der Waals surface area contributed by atoms with Gasteiger partial charge in [0.05, 0.1) is 16.6 Å². The Morgan fingerprint density at radius 3 is 1.78 bits per heavy atom. The van der Waals surface area contributed by atoms with Crippen molar-refractivity contribution < 1.29 is 0 Å². The number of rotatable bonds is 1. The molecule has 0 amide bonds. The lowest BCUT2D eigenvalue weighted by atomic mass is 9.96. The maximum Gasteiger partial charge on any atom is 0.0622 e. The summed E-state index contributed by atoms with van der Waals surface area (Å²) in [7, 11) is 0. The molecular formula is C35H23N. The zero-order chi connectivity index (χ0) is 23.8. The third-order valence-electron chi connectivity index (χ3n) is 7.90. The van der Waals surface area contributed by atoms with Crippen LogP contribution >= 0.6 is 0 Å². The number of hydrogen-bond acceptors (Lipinski definition) is 0. The zero-order valence-corrected chi connectivity index (χ0v) is 20.0. The molecule has 0 saturated carbocycles. The third-order valence-corrected chi connectivity index (χ3v) is 7.90. The quantitative estimate of drug-likeness (QED) is 0.216. The predicted octanol–water partition coefficient (Wildman–Crippen LogP) is 9.68. The van der Waals surface area contributed by atoms with E-state index in [9.17, 15) is 0 Å². The second-order valence-corrected chi connectivity index (χ2v) is 9.77. The van der Waals surface area contributed by atoms with E-state index >= 15 is 0 Å². The lowest BCUT2D eigenvalue weighted by Crippen LogP contribution is -1.92. The monoisotopic (exact) mass is 457 g/mol. The molecule has 0 spiro atoms. The van der Waals surface area contributed by atoms with Crippen LogP contribution in [0.2, 0.25) is 0 Å². The van der Waals surface area contributed by atoms with Gasteiger partial charge < -0.3 is 4.40 Å². The molecule has 168 valence electrons. The lowest BCUT2D eigenvalue weighted by Gasteiger charge is -2.13. The zero-order valence-electron chi connectivity index (χ0n) is 20.0. The van der Waals surface area contributed by atoms with E-state index in [-0.39, 0.29) is 0 Å². The highest BCUT2D eigenvalue weighted by Gasteiger charge is 2.20. The summed E-state index contributed by atoms with van der Waals surface area (Å²) in [5.41, 5.74) is 7.71. The van der Waals surface area contributed by atoms with E-state index in [0.717, 1.165) is 0 Å². The normalized spacial score (nSPS) is 12.0. The first-order chi connectivity index (χ1) is 17.8. The van der Waals surface area contributed by atoms with Crippen LogP contribution < -0.4 is 0 Å². The van der Waals surface area contributed by atoms with Gasteiger partial charge in [0.25, 0.3) is 0 Å². The van der Waals surface area contributed by atoms with E-state index in [1.54, 1.807) is 0 Å². The minimum absolute atomic E-state index is 1.25. The van der Waals surface area contributed by atoms with Crippen LogP contribution in [0.15, 0.2) is 121 Å². The van der Waals surface area contributed by atoms with Gasteiger partial charge >= 0.3 is 0 Å². The Balaban J connectivity index is 1.68. The van der Waals surface area contributed by atoms with Crippen molar-refractivity contribution in [2.24, 2.45) is 0 Å². The van der Waals surface area contributed by atoms with Crippen molar-refractivity contribution in [3.8, 4) is 11.1 Å². The fourth-order valence-electron chi connectivity index (χ4n) is 6.38. The minimum atomic E-state index is 1.25. The van der Waals surface area contributed by atoms with E-state index in [2.05, 4.69) is 133 Å². The van der Waals surface area contributed by atoms with Crippen molar-refractivity contribution in [2.45, 2.75) is 6.92 Å². The highest BCUT2D eigenvalue weighted by atomic mass is 14.9. The number of para-hydroxylation sites is 1. The summed E-state index contributed by atoms with van der Waals surface area (Å²) in [6, 6.07) is 44.3. The molecule has 0 saturated heterocycles. The van der Waals surface area contributed by atoms with Gasteiger partial charge in [-0.3, -0.25) is 0 Å². The summed E-state index contributed by atoms with van der Waals surface area (Å²) < 4.78 is 2.53. The predicted molar refractivity (Wildman–Crippen MR) is 155 cm³/mol. The maximum atomic E-state index is 2.53. The van der Waals surface area contributed by atoms with E-state index in [4.69, 9.17) is 0 Å². The third kappa shape index (κ3) is 2.50. The molecule has 0 atom stereocenters. The van der Waals surface area contributed by atoms with E-state index in [0.29, 0.717) is 0 Å². The fraction of sp³-hybridized carbons (Fsp3) is 0.0286. The van der Waals surface area contributed by atoms with Crippen molar-refractivity contribution in [1.29, 1.82) is 0 Å². The molecule has 0 fully saturated rings. The van der Waals surface area contributed by atoms with E-state index < -0.39 is 0 Å². The van der Waals surface area contributed by atoms with E-state index in [1.165, 1.54) is 76.3 Å². The molecule has 0 N–H and O–H groups in total. The molecule has 36 heavy (non-hydrogen) atoms. The van der Waals surface area contributed by atoms with Gasteiger partial charge in [-0.25, -0.2) is 0 Å². The first-order valence-electron chi connectivity index (χ1n) is 12.6. The molecule has 6 aromatic carbocycles. The highest BCUT2D eigenvalue weighted by Crippen LogP contribution is 2.44. The van der Waals surface area contributed by atoms with Crippen LogP contribution in [-0.2, 0) is 0 Å². The second-order valence-electron chi connectivity index (χ2n) is 9.77.